The van der Waals surface area contributed by atoms with Gasteiger partial charge in [0.2, 0.25) is 0 Å². The van der Waals surface area contributed by atoms with Gasteiger partial charge in [0.1, 0.15) is 34.4 Å². The minimum absolute atomic E-state index is 0.0709. The predicted octanol–water partition coefficient (Wildman–Crippen LogP) is 7.28. The van der Waals surface area contributed by atoms with Gasteiger partial charge in [0.15, 0.2) is 12.4 Å². The van der Waals surface area contributed by atoms with E-state index >= 15 is 0 Å². The van der Waals surface area contributed by atoms with Gasteiger partial charge in [-0.15, -0.1) is 0 Å². The van der Waals surface area contributed by atoms with Gasteiger partial charge in [0, 0.05) is 49.4 Å². The number of rotatable bonds is 8. The summed E-state index contributed by atoms with van der Waals surface area (Å²) < 4.78 is 12.1. The number of carbonyl (C=O) groups excluding carboxylic acids is 2. The molecule has 14 nitrogen and oxygen atoms in total. The standard InChI is InChI=1S/2C23H21N5O2/c2*24-15-27-14-17-12-16(27)10-11-28(17)23(29)21-13-20(25-26-21)19-8-4-5-9-22(19)30-18-6-2-1-3-7-18/h2*1-9,13,16-17H,10-12,14H2,(H,25,26)/t2*16-,17+/m10/s1. The van der Waals surface area contributed by atoms with Crippen molar-refractivity contribution < 1.29 is 19.1 Å². The fourth-order valence-electron chi connectivity index (χ4n) is 8.72. The molecule has 4 atom stereocenters. The Bertz CT molecular complexity index is 2390. The van der Waals surface area contributed by atoms with Crippen LogP contribution in [0.15, 0.2) is 121 Å². The number of nitrogens with zero attached hydrogens (tertiary/aromatic N) is 8. The van der Waals surface area contributed by atoms with Gasteiger partial charge in [0.05, 0.1) is 23.5 Å². The molecular formula is C46H42N10O4. The molecule has 0 spiro atoms. The molecule has 4 saturated heterocycles. The highest BCUT2D eigenvalue weighted by Gasteiger charge is 2.43. The Hall–Kier alpha value is -7.58. The summed E-state index contributed by atoms with van der Waals surface area (Å²) in [5, 5.41) is 33.1. The van der Waals surface area contributed by atoms with Crippen molar-refractivity contribution in [1.82, 2.24) is 40.0 Å². The maximum atomic E-state index is 13.1. The van der Waals surface area contributed by atoms with Crippen molar-refractivity contribution in [3.8, 4) is 57.9 Å². The number of amides is 2. The lowest BCUT2D eigenvalue weighted by Crippen LogP contribution is -2.44. The molecule has 0 radical (unpaired) electrons. The topological polar surface area (TPSA) is 170 Å². The predicted molar refractivity (Wildman–Crippen MR) is 221 cm³/mol. The number of likely N-dealkylation sites (tertiary alicyclic amines) is 4. The molecule has 2 amide bonds. The van der Waals surface area contributed by atoms with Crippen LogP contribution >= 0.6 is 0 Å². The van der Waals surface area contributed by atoms with E-state index in [4.69, 9.17) is 9.47 Å². The first-order valence-corrected chi connectivity index (χ1v) is 20.2. The van der Waals surface area contributed by atoms with Crippen LogP contribution in [0.3, 0.4) is 0 Å². The number of para-hydroxylation sites is 4. The number of piperidine rings is 2. The first-order valence-electron chi connectivity index (χ1n) is 20.2. The number of nitriles is 2. The lowest BCUT2D eigenvalue weighted by atomic mass is 10.0. The average molecular weight is 799 g/mol. The Morgan fingerprint density at radius 1 is 0.567 bits per heavy atom. The van der Waals surface area contributed by atoms with Gasteiger partial charge < -0.3 is 29.1 Å². The lowest BCUT2D eigenvalue weighted by Gasteiger charge is -2.31. The highest BCUT2D eigenvalue weighted by Crippen LogP contribution is 2.36. The van der Waals surface area contributed by atoms with Crippen molar-refractivity contribution in [3.05, 3.63) is 133 Å². The summed E-state index contributed by atoms with van der Waals surface area (Å²) >= 11 is 0. The Morgan fingerprint density at radius 2 is 0.967 bits per heavy atom. The summed E-state index contributed by atoms with van der Waals surface area (Å²) in [6.45, 7) is 2.55. The number of hydrogen-bond acceptors (Lipinski definition) is 10. The van der Waals surface area contributed by atoms with E-state index in [0.717, 1.165) is 48.3 Å². The molecule has 0 saturated carbocycles. The molecule has 4 aliphatic rings. The van der Waals surface area contributed by atoms with Crippen LogP contribution in [0.2, 0.25) is 0 Å². The average Bonchev–Trinajstić information content (AvgIpc) is 4.11. The van der Waals surface area contributed by atoms with E-state index in [-0.39, 0.29) is 36.0 Å². The number of aromatic amines is 2. The minimum Gasteiger partial charge on any atom is -0.457 e. The Labute approximate surface area is 347 Å². The number of nitrogens with one attached hydrogen (secondary N) is 2. The number of ether oxygens (including phenoxy) is 2. The largest absolute Gasteiger partial charge is 0.457 e. The van der Waals surface area contributed by atoms with Gasteiger partial charge in [-0.05, 0) is 86.3 Å². The van der Waals surface area contributed by atoms with Crippen LogP contribution in [0.5, 0.6) is 23.0 Å². The maximum absolute atomic E-state index is 13.1. The van der Waals surface area contributed by atoms with Crippen molar-refractivity contribution in [2.24, 2.45) is 0 Å². The smallest absolute Gasteiger partial charge is 0.272 e. The minimum atomic E-state index is -0.0709. The Balaban J connectivity index is 0.000000154. The summed E-state index contributed by atoms with van der Waals surface area (Å²) in [4.78, 5) is 33.6. The monoisotopic (exact) mass is 798 g/mol. The molecule has 4 bridgehead atoms. The normalized spacial score (nSPS) is 20.1. The van der Waals surface area contributed by atoms with Gasteiger partial charge in [-0.1, -0.05) is 60.7 Å². The summed E-state index contributed by atoms with van der Waals surface area (Å²) in [5.74, 6) is 2.69. The second-order valence-corrected chi connectivity index (χ2v) is 15.3. The quantitative estimate of drug-likeness (QED) is 0.149. The van der Waals surface area contributed by atoms with Crippen LogP contribution in [0, 0.1) is 22.9 Å². The molecular weight excluding hydrogens is 757 g/mol. The van der Waals surface area contributed by atoms with Gasteiger partial charge in [-0.3, -0.25) is 19.8 Å². The maximum Gasteiger partial charge on any atom is 0.272 e. The second-order valence-electron chi connectivity index (χ2n) is 15.3. The number of carbonyl (C=O) groups is 2. The van der Waals surface area contributed by atoms with Crippen molar-refractivity contribution in [1.29, 1.82) is 10.5 Å². The highest BCUT2D eigenvalue weighted by atomic mass is 16.5. The van der Waals surface area contributed by atoms with Crippen LogP contribution in [-0.4, -0.2) is 102 Å². The summed E-state index contributed by atoms with van der Waals surface area (Å²) in [6.07, 6.45) is 7.85. The van der Waals surface area contributed by atoms with Crippen LogP contribution in [0.1, 0.15) is 46.7 Å². The number of hydrogen-bond donors (Lipinski definition) is 2. The third-order valence-corrected chi connectivity index (χ3v) is 11.7. The third kappa shape index (κ3) is 7.71. The first-order chi connectivity index (χ1) is 29.4. The fraction of sp³-hybridized carbons (Fsp3) is 0.261. The highest BCUT2D eigenvalue weighted by molar-refractivity contribution is 5.94. The van der Waals surface area contributed by atoms with E-state index in [0.29, 0.717) is 60.5 Å². The zero-order valence-electron chi connectivity index (χ0n) is 32.7. The van der Waals surface area contributed by atoms with E-state index < -0.39 is 0 Å². The molecule has 10 rings (SSSR count). The number of H-pyrrole nitrogens is 2. The van der Waals surface area contributed by atoms with Crippen molar-refractivity contribution in [2.45, 2.75) is 49.9 Å². The molecule has 2 aromatic heterocycles. The van der Waals surface area contributed by atoms with Crippen molar-refractivity contribution >= 4 is 11.8 Å². The molecule has 60 heavy (non-hydrogen) atoms. The summed E-state index contributed by atoms with van der Waals surface area (Å²) in [5.41, 5.74) is 3.84. The lowest BCUT2D eigenvalue weighted by molar-refractivity contribution is 0.0644. The second kappa shape index (κ2) is 16.7. The van der Waals surface area contributed by atoms with Crippen LogP contribution < -0.4 is 9.47 Å². The number of fused-ring (bicyclic) bond motifs is 4. The van der Waals surface area contributed by atoms with Crippen LogP contribution in [-0.2, 0) is 0 Å². The Morgan fingerprint density at radius 3 is 1.38 bits per heavy atom. The van der Waals surface area contributed by atoms with Gasteiger partial charge in [-0.25, -0.2) is 0 Å². The molecule has 2 N–H and O–H groups in total. The molecule has 4 aromatic carbocycles. The van der Waals surface area contributed by atoms with Crippen LogP contribution in [0.25, 0.3) is 22.5 Å². The van der Waals surface area contributed by atoms with E-state index in [1.165, 1.54) is 0 Å². The van der Waals surface area contributed by atoms with Gasteiger partial charge >= 0.3 is 0 Å². The third-order valence-electron chi connectivity index (χ3n) is 11.7. The molecule has 6 aromatic rings. The van der Waals surface area contributed by atoms with Gasteiger partial charge in [-0.2, -0.15) is 20.7 Å². The number of aromatic nitrogens is 4. The SMILES string of the molecule is N#CN1C[C@@H]2C[C@H]1CCN2C(=O)c1cc(-c2ccccc2Oc2ccccc2)n[nH]1.N#CN1C[C@H]2C[C@@H]1CCN2C(=O)c1cc(-c2ccccc2Oc2ccccc2)n[nH]1. The molecule has 4 aliphatic heterocycles. The van der Waals surface area contributed by atoms with E-state index in [1.807, 2.05) is 119 Å². The molecule has 0 unspecified atom stereocenters. The Kier molecular flexibility index (Phi) is 10.6. The van der Waals surface area contributed by atoms with E-state index in [9.17, 15) is 20.1 Å². The van der Waals surface area contributed by atoms with Crippen molar-refractivity contribution in [3.63, 3.8) is 0 Å². The number of benzene rings is 4. The molecule has 0 aliphatic carbocycles. The van der Waals surface area contributed by atoms with E-state index in [1.54, 1.807) is 21.9 Å². The summed E-state index contributed by atoms with van der Waals surface area (Å²) in [6, 6.07) is 38.7. The van der Waals surface area contributed by atoms with Crippen LogP contribution in [0.4, 0.5) is 0 Å². The zero-order chi connectivity index (χ0) is 41.0. The van der Waals surface area contributed by atoms with Gasteiger partial charge in [0.25, 0.3) is 11.8 Å². The zero-order valence-corrected chi connectivity index (χ0v) is 32.7. The molecule has 6 heterocycles. The first kappa shape index (κ1) is 38.0. The van der Waals surface area contributed by atoms with E-state index in [2.05, 4.69) is 32.8 Å². The molecule has 4 fully saturated rings. The van der Waals surface area contributed by atoms with Crippen molar-refractivity contribution in [2.75, 3.05) is 26.2 Å². The summed E-state index contributed by atoms with van der Waals surface area (Å²) in [7, 11) is 0. The molecule has 300 valence electrons. The fourth-order valence-corrected chi connectivity index (χ4v) is 8.72. The molecule has 14 heteroatoms.